The van der Waals surface area contributed by atoms with Gasteiger partial charge in [-0.25, -0.2) is 4.98 Å². The van der Waals surface area contributed by atoms with Crippen LogP contribution in [0.5, 0.6) is 0 Å². The zero-order chi connectivity index (χ0) is 11.4. The molecule has 1 heterocycles. The van der Waals surface area contributed by atoms with Crippen LogP contribution in [0, 0.1) is 11.3 Å². The van der Waals surface area contributed by atoms with Gasteiger partial charge >= 0.3 is 0 Å². The summed E-state index contributed by atoms with van der Waals surface area (Å²) in [5.74, 6) is 0.750. The van der Waals surface area contributed by atoms with Crippen molar-refractivity contribution in [2.24, 2.45) is 0 Å². The maximum absolute atomic E-state index is 8.65. The van der Waals surface area contributed by atoms with E-state index in [-0.39, 0.29) is 0 Å². The largest absolute Gasteiger partial charge is 0.308 e. The molecule has 0 bridgehead atoms. The summed E-state index contributed by atoms with van der Waals surface area (Å²) in [7, 11) is 0. The Morgan fingerprint density at radius 3 is 3.12 bits per heavy atom. The van der Waals surface area contributed by atoms with Crippen molar-refractivity contribution in [3.8, 4) is 6.07 Å². The Labute approximate surface area is 101 Å². The van der Waals surface area contributed by atoms with Crippen molar-refractivity contribution >= 4 is 11.3 Å². The van der Waals surface area contributed by atoms with Gasteiger partial charge in [-0.2, -0.15) is 5.26 Å². The standard InChI is InChI=1S/C12H17N3S/c1-2-10(5-6-13)14-7-11-8-15-12(16-11)9-3-4-9/h8-10,14H,2-5,7H2,1H3. The first kappa shape index (κ1) is 11.6. The van der Waals surface area contributed by atoms with Crippen LogP contribution in [0.15, 0.2) is 6.20 Å². The normalized spacial score (nSPS) is 17.0. The minimum atomic E-state index is 0.316. The zero-order valence-electron chi connectivity index (χ0n) is 9.57. The molecule has 1 aliphatic carbocycles. The second kappa shape index (κ2) is 5.42. The van der Waals surface area contributed by atoms with Gasteiger partial charge in [0.05, 0.1) is 17.5 Å². The number of hydrogen-bond donors (Lipinski definition) is 1. The Morgan fingerprint density at radius 1 is 1.69 bits per heavy atom. The second-order valence-electron chi connectivity index (χ2n) is 4.29. The summed E-state index contributed by atoms with van der Waals surface area (Å²) in [4.78, 5) is 5.73. The lowest BCUT2D eigenvalue weighted by Crippen LogP contribution is -2.26. The Kier molecular flexibility index (Phi) is 3.92. The van der Waals surface area contributed by atoms with Crippen molar-refractivity contribution in [1.29, 1.82) is 5.26 Å². The minimum Gasteiger partial charge on any atom is -0.308 e. The highest BCUT2D eigenvalue weighted by molar-refractivity contribution is 7.11. The Bertz CT molecular complexity index is 376. The number of nitrogens with one attached hydrogen (secondary N) is 1. The number of rotatable bonds is 6. The maximum Gasteiger partial charge on any atom is 0.0959 e. The van der Waals surface area contributed by atoms with Crippen LogP contribution in [0.4, 0.5) is 0 Å². The van der Waals surface area contributed by atoms with Gasteiger partial charge in [0, 0.05) is 29.6 Å². The molecule has 0 spiro atoms. The fourth-order valence-electron chi connectivity index (χ4n) is 1.64. The summed E-state index contributed by atoms with van der Waals surface area (Å²) in [6.45, 7) is 2.96. The highest BCUT2D eigenvalue weighted by Gasteiger charge is 2.26. The molecule has 2 rings (SSSR count). The third-order valence-corrected chi connectivity index (χ3v) is 4.05. The Balaban J connectivity index is 1.81. The van der Waals surface area contributed by atoms with Crippen LogP contribution in [-0.4, -0.2) is 11.0 Å². The van der Waals surface area contributed by atoms with E-state index in [4.69, 9.17) is 5.26 Å². The summed E-state index contributed by atoms with van der Waals surface area (Å²) < 4.78 is 0. The third-order valence-electron chi connectivity index (χ3n) is 2.89. The van der Waals surface area contributed by atoms with Crippen molar-refractivity contribution in [1.82, 2.24) is 10.3 Å². The third kappa shape index (κ3) is 3.03. The molecule has 1 aromatic heterocycles. The molecule has 1 unspecified atom stereocenters. The van der Waals surface area contributed by atoms with E-state index in [1.165, 1.54) is 22.7 Å². The second-order valence-corrected chi connectivity index (χ2v) is 5.43. The molecule has 0 aliphatic heterocycles. The molecule has 1 saturated carbocycles. The fourth-order valence-corrected chi connectivity index (χ4v) is 2.68. The van der Waals surface area contributed by atoms with Gasteiger partial charge in [-0.1, -0.05) is 6.92 Å². The van der Waals surface area contributed by atoms with E-state index >= 15 is 0 Å². The first-order valence-electron chi connectivity index (χ1n) is 5.88. The van der Waals surface area contributed by atoms with Crippen LogP contribution < -0.4 is 5.32 Å². The summed E-state index contributed by atoms with van der Waals surface area (Å²) >= 11 is 1.82. The highest BCUT2D eigenvalue weighted by atomic mass is 32.1. The van der Waals surface area contributed by atoms with Gasteiger partial charge < -0.3 is 5.32 Å². The van der Waals surface area contributed by atoms with Crippen molar-refractivity contribution in [2.45, 2.75) is 51.1 Å². The van der Waals surface area contributed by atoms with Crippen molar-refractivity contribution < 1.29 is 0 Å². The fraction of sp³-hybridized carbons (Fsp3) is 0.667. The molecule has 0 amide bonds. The van der Waals surface area contributed by atoms with E-state index < -0.39 is 0 Å². The van der Waals surface area contributed by atoms with E-state index in [0.29, 0.717) is 12.5 Å². The monoisotopic (exact) mass is 235 g/mol. The van der Waals surface area contributed by atoms with Crippen LogP contribution in [0.25, 0.3) is 0 Å². The average Bonchev–Trinajstić information content (AvgIpc) is 3.04. The summed E-state index contributed by atoms with van der Waals surface area (Å²) in [6.07, 6.45) is 6.19. The van der Waals surface area contributed by atoms with Gasteiger partial charge in [0.25, 0.3) is 0 Å². The van der Waals surface area contributed by atoms with Gasteiger partial charge in [0.15, 0.2) is 0 Å². The molecule has 4 heteroatoms. The first-order valence-corrected chi connectivity index (χ1v) is 6.70. The molecule has 1 N–H and O–H groups in total. The first-order chi connectivity index (χ1) is 7.83. The molecule has 1 aliphatic rings. The molecule has 1 atom stereocenters. The zero-order valence-corrected chi connectivity index (χ0v) is 10.4. The topological polar surface area (TPSA) is 48.7 Å². The van der Waals surface area contributed by atoms with Crippen LogP contribution in [0.2, 0.25) is 0 Å². The summed E-state index contributed by atoms with van der Waals surface area (Å²) in [6, 6.07) is 2.53. The lowest BCUT2D eigenvalue weighted by molar-refractivity contribution is 0.507. The number of hydrogen-bond acceptors (Lipinski definition) is 4. The van der Waals surface area contributed by atoms with Crippen LogP contribution in [0.3, 0.4) is 0 Å². The van der Waals surface area contributed by atoms with Gasteiger partial charge in [0.2, 0.25) is 0 Å². The van der Waals surface area contributed by atoms with E-state index in [2.05, 4.69) is 23.3 Å². The maximum atomic E-state index is 8.65. The van der Waals surface area contributed by atoms with Gasteiger partial charge in [-0.15, -0.1) is 11.3 Å². The lowest BCUT2D eigenvalue weighted by Gasteiger charge is -2.11. The van der Waals surface area contributed by atoms with E-state index in [1.807, 2.05) is 17.5 Å². The molecule has 86 valence electrons. The van der Waals surface area contributed by atoms with E-state index in [9.17, 15) is 0 Å². The molecule has 1 fully saturated rings. The highest BCUT2D eigenvalue weighted by Crippen LogP contribution is 2.41. The molecule has 3 nitrogen and oxygen atoms in total. The summed E-state index contributed by atoms with van der Waals surface area (Å²) in [5.41, 5.74) is 0. The molecule has 0 aromatic carbocycles. The average molecular weight is 235 g/mol. The van der Waals surface area contributed by atoms with Crippen molar-refractivity contribution in [2.75, 3.05) is 0 Å². The van der Waals surface area contributed by atoms with Crippen LogP contribution in [-0.2, 0) is 6.54 Å². The molecular formula is C12H17N3S. The predicted octanol–water partition coefficient (Wildman–Crippen LogP) is 2.80. The van der Waals surface area contributed by atoms with Crippen molar-refractivity contribution in [3.63, 3.8) is 0 Å². The van der Waals surface area contributed by atoms with Crippen molar-refractivity contribution in [3.05, 3.63) is 16.1 Å². The molecule has 0 saturated heterocycles. The predicted molar refractivity (Wildman–Crippen MR) is 65.2 cm³/mol. The smallest absolute Gasteiger partial charge is 0.0959 e. The van der Waals surface area contributed by atoms with Gasteiger partial charge in [-0.3, -0.25) is 0 Å². The van der Waals surface area contributed by atoms with Crippen LogP contribution in [0.1, 0.15) is 48.4 Å². The SMILES string of the molecule is CCC(CC#N)NCc1cnc(C2CC2)s1. The summed E-state index contributed by atoms with van der Waals surface area (Å²) in [5, 5.41) is 13.4. The van der Waals surface area contributed by atoms with E-state index in [1.54, 1.807) is 0 Å². The Morgan fingerprint density at radius 2 is 2.50 bits per heavy atom. The number of aromatic nitrogens is 1. The lowest BCUT2D eigenvalue weighted by atomic mass is 10.2. The van der Waals surface area contributed by atoms with Crippen LogP contribution >= 0.6 is 11.3 Å². The molecule has 1 aromatic rings. The van der Waals surface area contributed by atoms with Gasteiger partial charge in [-0.05, 0) is 19.3 Å². The molecule has 0 radical (unpaired) electrons. The molecular weight excluding hydrogens is 218 g/mol. The quantitative estimate of drug-likeness (QED) is 0.824. The number of nitriles is 1. The number of thiazole rings is 1. The Hall–Kier alpha value is -0.920. The number of nitrogens with zero attached hydrogens (tertiary/aromatic N) is 2. The van der Waals surface area contributed by atoms with E-state index in [0.717, 1.165) is 18.9 Å². The minimum absolute atomic E-state index is 0.316. The van der Waals surface area contributed by atoms with Gasteiger partial charge in [0.1, 0.15) is 0 Å². The molecule has 16 heavy (non-hydrogen) atoms.